The van der Waals surface area contributed by atoms with Crippen LogP contribution in [0.5, 0.6) is 5.88 Å². The van der Waals surface area contributed by atoms with E-state index in [1.165, 1.54) is 16.8 Å². The van der Waals surface area contributed by atoms with Crippen molar-refractivity contribution in [1.82, 2.24) is 14.8 Å². The fourth-order valence-corrected chi connectivity index (χ4v) is 2.99. The Kier molecular flexibility index (Phi) is 3.65. The second kappa shape index (κ2) is 5.51. The zero-order chi connectivity index (χ0) is 16.6. The third-order valence-corrected chi connectivity index (χ3v) is 4.60. The molecule has 1 N–H and O–H groups in total. The highest BCUT2D eigenvalue weighted by Gasteiger charge is 2.18. The van der Waals surface area contributed by atoms with E-state index in [1.807, 2.05) is 0 Å². The second-order valence-corrected chi connectivity index (χ2v) is 7.20. The van der Waals surface area contributed by atoms with Crippen molar-refractivity contribution in [1.29, 1.82) is 0 Å². The van der Waals surface area contributed by atoms with Crippen LogP contribution >= 0.6 is 0 Å². The van der Waals surface area contributed by atoms with Gasteiger partial charge in [-0.2, -0.15) is 9.78 Å². The summed E-state index contributed by atoms with van der Waals surface area (Å²) in [5.74, 6) is 0.473. The Balaban J connectivity index is 2.09. The third kappa shape index (κ3) is 2.83. The molecule has 0 aliphatic carbocycles. The summed E-state index contributed by atoms with van der Waals surface area (Å²) in [6.45, 7) is 1.78. The first kappa shape index (κ1) is 15.2. The molecule has 3 rings (SSSR count). The minimum absolute atomic E-state index is 0.0340. The van der Waals surface area contributed by atoms with E-state index in [4.69, 9.17) is 0 Å². The molecule has 0 atom stereocenters. The molecule has 3 aromatic rings. The van der Waals surface area contributed by atoms with Crippen molar-refractivity contribution in [2.24, 2.45) is 0 Å². The minimum Gasteiger partial charge on any atom is -0.493 e. The van der Waals surface area contributed by atoms with Gasteiger partial charge in [-0.1, -0.05) is 18.2 Å². The van der Waals surface area contributed by atoms with E-state index in [9.17, 15) is 13.5 Å². The smallest absolute Gasteiger partial charge is 0.223 e. The van der Waals surface area contributed by atoms with Crippen LogP contribution in [0.1, 0.15) is 5.69 Å². The van der Waals surface area contributed by atoms with Crippen LogP contribution in [0.15, 0.2) is 53.6 Å². The Labute approximate surface area is 134 Å². The van der Waals surface area contributed by atoms with Gasteiger partial charge in [0, 0.05) is 12.5 Å². The largest absolute Gasteiger partial charge is 0.493 e. The lowest BCUT2D eigenvalue weighted by Gasteiger charge is -2.04. The van der Waals surface area contributed by atoms with Gasteiger partial charge in [0.1, 0.15) is 0 Å². The number of nitrogens with zero attached hydrogens (tertiary/aromatic N) is 3. The number of hydrogen-bond donors (Lipinski definition) is 1. The molecule has 118 valence electrons. The molecule has 7 heteroatoms. The van der Waals surface area contributed by atoms with Gasteiger partial charge in [0.15, 0.2) is 15.7 Å². The summed E-state index contributed by atoms with van der Waals surface area (Å²) in [5.41, 5.74) is 1.87. The lowest BCUT2D eigenvalue weighted by atomic mass is 10.1. The topological polar surface area (TPSA) is 85.1 Å². The van der Waals surface area contributed by atoms with Gasteiger partial charge in [-0.3, -0.25) is 0 Å². The van der Waals surface area contributed by atoms with Crippen molar-refractivity contribution in [3.8, 4) is 22.8 Å². The molecule has 0 aliphatic heterocycles. The fraction of sp³-hybridized carbons (Fsp3) is 0.125. The Morgan fingerprint density at radius 2 is 1.78 bits per heavy atom. The Bertz CT molecular complexity index is 946. The first-order valence-corrected chi connectivity index (χ1v) is 8.77. The Morgan fingerprint density at radius 3 is 2.35 bits per heavy atom. The van der Waals surface area contributed by atoms with Gasteiger partial charge < -0.3 is 5.11 Å². The monoisotopic (exact) mass is 329 g/mol. The van der Waals surface area contributed by atoms with Crippen LogP contribution in [-0.2, 0) is 9.84 Å². The highest BCUT2D eigenvalue weighted by molar-refractivity contribution is 7.90. The minimum atomic E-state index is -3.25. The molecule has 1 aromatic carbocycles. The van der Waals surface area contributed by atoms with Crippen molar-refractivity contribution in [2.75, 3.05) is 6.26 Å². The number of benzene rings is 1. The van der Waals surface area contributed by atoms with Gasteiger partial charge in [-0.25, -0.2) is 13.4 Å². The Morgan fingerprint density at radius 1 is 1.09 bits per heavy atom. The summed E-state index contributed by atoms with van der Waals surface area (Å²) in [5, 5.41) is 14.8. The van der Waals surface area contributed by atoms with Crippen LogP contribution in [0.3, 0.4) is 0 Å². The highest BCUT2D eigenvalue weighted by Crippen LogP contribution is 2.34. The standard InChI is InChI=1S/C16H15N3O3S/c1-11-15(12-6-8-13(9-7-12)23(2,21)22)16(20)19(18-11)14-5-3-4-10-17-14/h3-10,20H,1-2H3. The maximum atomic E-state index is 11.5. The van der Waals surface area contributed by atoms with Gasteiger partial charge >= 0.3 is 0 Å². The summed E-state index contributed by atoms with van der Waals surface area (Å²) in [6.07, 6.45) is 2.77. The third-order valence-electron chi connectivity index (χ3n) is 3.47. The van der Waals surface area contributed by atoms with Gasteiger partial charge in [-0.05, 0) is 36.8 Å². The molecule has 2 aromatic heterocycles. The maximum Gasteiger partial charge on any atom is 0.223 e. The zero-order valence-electron chi connectivity index (χ0n) is 12.6. The van der Waals surface area contributed by atoms with Crippen molar-refractivity contribution >= 4 is 9.84 Å². The van der Waals surface area contributed by atoms with Crippen molar-refractivity contribution < 1.29 is 13.5 Å². The molecule has 6 nitrogen and oxygen atoms in total. The molecule has 0 amide bonds. The van der Waals surface area contributed by atoms with E-state index in [0.29, 0.717) is 22.6 Å². The molecule has 23 heavy (non-hydrogen) atoms. The van der Waals surface area contributed by atoms with E-state index < -0.39 is 9.84 Å². The quantitative estimate of drug-likeness (QED) is 0.797. The van der Waals surface area contributed by atoms with Gasteiger partial charge in [-0.15, -0.1) is 0 Å². The van der Waals surface area contributed by atoms with Crippen molar-refractivity contribution in [3.05, 3.63) is 54.4 Å². The molecule has 0 spiro atoms. The second-order valence-electron chi connectivity index (χ2n) is 5.18. The summed E-state index contributed by atoms with van der Waals surface area (Å²) < 4.78 is 24.4. The summed E-state index contributed by atoms with van der Waals surface area (Å²) in [7, 11) is -3.25. The highest BCUT2D eigenvalue weighted by atomic mass is 32.2. The van der Waals surface area contributed by atoms with Crippen LogP contribution in [-0.4, -0.2) is 34.5 Å². The lowest BCUT2D eigenvalue weighted by molar-refractivity contribution is 0.433. The molecule has 0 fully saturated rings. The molecule has 0 saturated heterocycles. The molecule has 0 saturated carbocycles. The molecule has 0 bridgehead atoms. The van der Waals surface area contributed by atoms with Crippen molar-refractivity contribution in [3.63, 3.8) is 0 Å². The molecular formula is C16H15N3O3S. The van der Waals surface area contributed by atoms with E-state index >= 15 is 0 Å². The fourth-order valence-electron chi connectivity index (χ4n) is 2.36. The predicted octanol–water partition coefficient (Wildman–Crippen LogP) is 2.35. The number of sulfone groups is 1. The predicted molar refractivity (Wildman–Crippen MR) is 86.3 cm³/mol. The van der Waals surface area contributed by atoms with E-state index in [0.717, 1.165) is 6.26 Å². The summed E-state index contributed by atoms with van der Waals surface area (Å²) in [4.78, 5) is 4.40. The number of aromatic nitrogens is 3. The Hall–Kier alpha value is -2.67. The van der Waals surface area contributed by atoms with Gasteiger partial charge in [0.05, 0.1) is 16.2 Å². The van der Waals surface area contributed by atoms with E-state index in [-0.39, 0.29) is 10.8 Å². The first-order valence-electron chi connectivity index (χ1n) is 6.88. The van der Waals surface area contributed by atoms with Gasteiger partial charge in [0.2, 0.25) is 5.88 Å². The number of aromatic hydroxyl groups is 1. The first-order chi connectivity index (χ1) is 10.9. The molecule has 0 unspecified atom stereocenters. The molecular weight excluding hydrogens is 314 g/mol. The van der Waals surface area contributed by atoms with Gasteiger partial charge in [0.25, 0.3) is 0 Å². The van der Waals surface area contributed by atoms with E-state index in [2.05, 4.69) is 10.1 Å². The van der Waals surface area contributed by atoms with Crippen LogP contribution < -0.4 is 0 Å². The maximum absolute atomic E-state index is 11.5. The molecule has 0 radical (unpaired) electrons. The van der Waals surface area contributed by atoms with Crippen molar-refractivity contribution in [2.45, 2.75) is 11.8 Å². The van der Waals surface area contributed by atoms with E-state index in [1.54, 1.807) is 43.5 Å². The van der Waals surface area contributed by atoms with Crippen LogP contribution in [0, 0.1) is 6.92 Å². The average molecular weight is 329 g/mol. The summed E-state index contributed by atoms with van der Waals surface area (Å²) >= 11 is 0. The zero-order valence-corrected chi connectivity index (χ0v) is 13.4. The number of rotatable bonds is 3. The number of aryl methyl sites for hydroxylation is 1. The SMILES string of the molecule is Cc1nn(-c2ccccn2)c(O)c1-c1ccc(S(C)(=O)=O)cc1. The normalized spacial score (nSPS) is 11.6. The molecule has 2 heterocycles. The average Bonchev–Trinajstić information content (AvgIpc) is 2.82. The summed E-state index contributed by atoms with van der Waals surface area (Å²) in [6, 6.07) is 11.7. The van der Waals surface area contributed by atoms with Crippen LogP contribution in [0.25, 0.3) is 16.9 Å². The number of hydrogen-bond acceptors (Lipinski definition) is 5. The lowest BCUT2D eigenvalue weighted by Crippen LogP contribution is -1.98. The number of pyridine rings is 1. The van der Waals surface area contributed by atoms with Crippen LogP contribution in [0.4, 0.5) is 0 Å². The van der Waals surface area contributed by atoms with Crippen LogP contribution in [0.2, 0.25) is 0 Å². The molecule has 0 aliphatic rings.